The van der Waals surface area contributed by atoms with Crippen LogP contribution in [0.25, 0.3) is 0 Å². The minimum Gasteiger partial charge on any atom is -0.372 e. The number of hydrogen-bond acceptors (Lipinski definition) is 4. The first-order valence-electron chi connectivity index (χ1n) is 8.12. The standard InChI is InChI=1S/C17H17ClF3N3O3S/c1-3-24(4-2)11-7-5-10(6-8-11)17(25)22-23-28(26,27)16-13(20)9-12(19)14(18)15(16)21/h5-9,23H,3-4H2,1-2H3,(H,22,25). The lowest BCUT2D eigenvalue weighted by Crippen LogP contribution is -2.42. The number of rotatable bonds is 7. The summed E-state index contributed by atoms with van der Waals surface area (Å²) in [5.74, 6) is -5.80. The fraction of sp³-hybridized carbons (Fsp3) is 0.235. The summed E-state index contributed by atoms with van der Waals surface area (Å²) in [7, 11) is -4.88. The van der Waals surface area contributed by atoms with Gasteiger partial charge in [-0.2, -0.15) is 0 Å². The van der Waals surface area contributed by atoms with E-state index in [9.17, 15) is 26.4 Å². The molecule has 2 aromatic rings. The summed E-state index contributed by atoms with van der Waals surface area (Å²) in [6.45, 7) is 5.47. The molecule has 0 aliphatic carbocycles. The fourth-order valence-corrected chi connectivity index (χ4v) is 3.63. The Balaban J connectivity index is 2.17. The Labute approximate surface area is 165 Å². The van der Waals surface area contributed by atoms with E-state index in [1.165, 1.54) is 12.1 Å². The molecule has 0 unspecified atom stereocenters. The van der Waals surface area contributed by atoms with E-state index in [2.05, 4.69) is 0 Å². The Morgan fingerprint density at radius 2 is 1.64 bits per heavy atom. The van der Waals surface area contributed by atoms with Gasteiger partial charge in [-0.05, 0) is 38.1 Å². The molecule has 0 aliphatic heterocycles. The predicted molar refractivity (Wildman–Crippen MR) is 99.1 cm³/mol. The van der Waals surface area contributed by atoms with Crippen molar-refractivity contribution in [2.75, 3.05) is 18.0 Å². The van der Waals surface area contributed by atoms with E-state index in [4.69, 9.17) is 11.6 Å². The van der Waals surface area contributed by atoms with Gasteiger partial charge in [0.1, 0.15) is 16.7 Å². The zero-order chi connectivity index (χ0) is 21.1. The van der Waals surface area contributed by atoms with E-state index in [0.717, 1.165) is 18.8 Å². The number of sulfonamides is 1. The number of carbonyl (C=O) groups is 1. The maximum absolute atomic E-state index is 13.9. The minimum atomic E-state index is -4.88. The van der Waals surface area contributed by atoms with E-state index in [0.29, 0.717) is 0 Å². The molecule has 0 heterocycles. The number of carbonyl (C=O) groups excluding carboxylic acids is 1. The summed E-state index contributed by atoms with van der Waals surface area (Å²) >= 11 is 5.28. The molecule has 28 heavy (non-hydrogen) atoms. The molecule has 0 saturated heterocycles. The number of benzene rings is 2. The second-order valence-corrected chi connectivity index (χ2v) is 7.57. The third-order valence-corrected chi connectivity index (χ3v) is 5.53. The molecule has 152 valence electrons. The maximum atomic E-state index is 13.9. The average Bonchev–Trinajstić information content (AvgIpc) is 2.65. The molecule has 0 bridgehead atoms. The first-order chi connectivity index (χ1) is 13.1. The Morgan fingerprint density at radius 1 is 1.07 bits per heavy atom. The highest BCUT2D eigenvalue weighted by Crippen LogP contribution is 2.27. The van der Waals surface area contributed by atoms with Crippen LogP contribution in [0, 0.1) is 17.5 Å². The Kier molecular flexibility index (Phi) is 6.91. The van der Waals surface area contributed by atoms with Gasteiger partial charge in [0.2, 0.25) is 0 Å². The lowest BCUT2D eigenvalue weighted by atomic mass is 10.2. The van der Waals surface area contributed by atoms with Crippen molar-refractivity contribution in [1.82, 2.24) is 10.3 Å². The largest absolute Gasteiger partial charge is 0.372 e. The van der Waals surface area contributed by atoms with Crippen molar-refractivity contribution < 1.29 is 26.4 Å². The number of anilines is 1. The van der Waals surface area contributed by atoms with Crippen molar-refractivity contribution in [2.45, 2.75) is 18.7 Å². The fourth-order valence-electron chi connectivity index (χ4n) is 2.44. The van der Waals surface area contributed by atoms with E-state index >= 15 is 0 Å². The van der Waals surface area contributed by atoms with E-state index in [1.807, 2.05) is 24.2 Å². The Morgan fingerprint density at radius 3 is 2.18 bits per heavy atom. The van der Waals surface area contributed by atoms with Gasteiger partial charge in [0.15, 0.2) is 10.7 Å². The van der Waals surface area contributed by atoms with Crippen LogP contribution in [0.5, 0.6) is 0 Å². The highest BCUT2D eigenvalue weighted by atomic mass is 35.5. The van der Waals surface area contributed by atoms with Crippen LogP contribution in [-0.4, -0.2) is 27.4 Å². The first-order valence-corrected chi connectivity index (χ1v) is 9.98. The quantitative estimate of drug-likeness (QED) is 0.397. The molecule has 2 rings (SSSR count). The molecule has 0 radical (unpaired) electrons. The molecule has 1 amide bonds. The average molecular weight is 436 g/mol. The highest BCUT2D eigenvalue weighted by molar-refractivity contribution is 7.89. The molecule has 0 aromatic heterocycles. The zero-order valence-electron chi connectivity index (χ0n) is 14.9. The number of nitrogens with zero attached hydrogens (tertiary/aromatic N) is 1. The maximum Gasteiger partial charge on any atom is 0.266 e. The number of halogens is 4. The van der Waals surface area contributed by atoms with E-state index in [1.54, 1.807) is 17.0 Å². The van der Waals surface area contributed by atoms with Crippen LogP contribution in [0.15, 0.2) is 35.2 Å². The monoisotopic (exact) mass is 435 g/mol. The van der Waals surface area contributed by atoms with Crippen LogP contribution >= 0.6 is 11.6 Å². The van der Waals surface area contributed by atoms with Crippen molar-refractivity contribution in [2.24, 2.45) is 0 Å². The summed E-state index contributed by atoms with van der Waals surface area (Å²) in [5.41, 5.74) is 2.82. The van der Waals surface area contributed by atoms with Gasteiger partial charge in [0.25, 0.3) is 15.9 Å². The second kappa shape index (κ2) is 8.80. The molecular weight excluding hydrogens is 419 g/mol. The molecule has 0 aliphatic rings. The highest BCUT2D eigenvalue weighted by Gasteiger charge is 2.28. The summed E-state index contributed by atoms with van der Waals surface area (Å²) in [6, 6.07) is 6.42. The molecule has 2 aromatic carbocycles. The van der Waals surface area contributed by atoms with Crippen LogP contribution in [0.2, 0.25) is 5.02 Å². The summed E-state index contributed by atoms with van der Waals surface area (Å²) in [5, 5.41) is -1.18. The van der Waals surface area contributed by atoms with Gasteiger partial charge in [0.05, 0.1) is 0 Å². The minimum absolute atomic E-state index is 0.108. The van der Waals surface area contributed by atoms with Gasteiger partial charge in [-0.25, -0.2) is 21.6 Å². The summed E-state index contributed by atoms with van der Waals surface area (Å²) in [6.07, 6.45) is 0. The number of hydrogen-bond donors (Lipinski definition) is 2. The number of amides is 1. The molecule has 11 heteroatoms. The zero-order valence-corrected chi connectivity index (χ0v) is 16.5. The van der Waals surface area contributed by atoms with Gasteiger partial charge in [-0.1, -0.05) is 11.6 Å². The smallest absolute Gasteiger partial charge is 0.266 e. The van der Waals surface area contributed by atoms with Crippen molar-refractivity contribution in [1.29, 1.82) is 0 Å². The molecule has 6 nitrogen and oxygen atoms in total. The van der Waals surface area contributed by atoms with E-state index in [-0.39, 0.29) is 11.6 Å². The van der Waals surface area contributed by atoms with Crippen molar-refractivity contribution in [3.63, 3.8) is 0 Å². The number of nitrogens with one attached hydrogen (secondary N) is 2. The SMILES string of the molecule is CCN(CC)c1ccc(C(=O)NNS(=O)(=O)c2c(F)cc(F)c(Cl)c2F)cc1. The molecule has 0 fully saturated rings. The van der Waals surface area contributed by atoms with Crippen LogP contribution in [-0.2, 0) is 10.0 Å². The first kappa shape index (κ1) is 22.0. The Bertz CT molecular complexity index is 981. The predicted octanol–water partition coefficient (Wildman–Crippen LogP) is 3.23. The van der Waals surface area contributed by atoms with Crippen LogP contribution in [0.3, 0.4) is 0 Å². The van der Waals surface area contributed by atoms with Crippen molar-refractivity contribution in [3.8, 4) is 0 Å². The van der Waals surface area contributed by atoms with Crippen LogP contribution < -0.4 is 15.2 Å². The summed E-state index contributed by atoms with van der Waals surface area (Å²) in [4.78, 5) is 14.2. The van der Waals surface area contributed by atoms with Gasteiger partial charge in [0, 0.05) is 30.4 Å². The summed E-state index contributed by atoms with van der Waals surface area (Å²) < 4.78 is 65.0. The third-order valence-electron chi connectivity index (χ3n) is 3.90. The normalized spacial score (nSPS) is 11.4. The topological polar surface area (TPSA) is 78.5 Å². The van der Waals surface area contributed by atoms with Gasteiger partial charge >= 0.3 is 0 Å². The van der Waals surface area contributed by atoms with E-state index < -0.39 is 43.3 Å². The van der Waals surface area contributed by atoms with Gasteiger partial charge in [-0.15, -0.1) is 4.83 Å². The lowest BCUT2D eigenvalue weighted by molar-refractivity contribution is 0.0945. The number of hydrazine groups is 1. The second-order valence-electron chi connectivity index (χ2n) is 5.58. The molecule has 2 N–H and O–H groups in total. The molecule has 0 spiro atoms. The van der Waals surface area contributed by atoms with Crippen LogP contribution in [0.1, 0.15) is 24.2 Å². The van der Waals surface area contributed by atoms with Crippen molar-refractivity contribution >= 4 is 33.2 Å². The third kappa shape index (κ3) is 4.57. The van der Waals surface area contributed by atoms with Crippen LogP contribution in [0.4, 0.5) is 18.9 Å². The van der Waals surface area contributed by atoms with Gasteiger partial charge in [-0.3, -0.25) is 10.2 Å². The lowest BCUT2D eigenvalue weighted by Gasteiger charge is -2.21. The molecular formula is C17H17ClF3N3O3S. The molecule has 0 saturated carbocycles. The Hall–Kier alpha value is -2.30. The van der Waals surface area contributed by atoms with Crippen molar-refractivity contribution in [3.05, 3.63) is 58.4 Å². The van der Waals surface area contributed by atoms with Gasteiger partial charge < -0.3 is 4.90 Å². The molecule has 0 atom stereocenters.